The molecule has 3 atom stereocenters. The Morgan fingerprint density at radius 3 is 2.15 bits per heavy atom. The van der Waals surface area contributed by atoms with Crippen molar-refractivity contribution in [3.05, 3.63) is 82.3 Å². The summed E-state index contributed by atoms with van der Waals surface area (Å²) in [6.07, 6.45) is -2.97. The zero-order valence-corrected chi connectivity index (χ0v) is 27.8. The summed E-state index contributed by atoms with van der Waals surface area (Å²) in [6.45, 7) is 9.32. The van der Waals surface area contributed by atoms with Gasteiger partial charge in [-0.25, -0.2) is 9.97 Å². The van der Waals surface area contributed by atoms with Crippen molar-refractivity contribution in [2.45, 2.75) is 71.1 Å². The van der Waals surface area contributed by atoms with Crippen LogP contribution in [0, 0.1) is 0 Å². The number of aromatic nitrogens is 2. The minimum absolute atomic E-state index is 0.0655. The standard InChI is InChI=1S/C34H37F3N4O6S/c1-6-46-26-16-22(11-12-25(26)47-34(35,36)37)23-17-38-29(39-18-23)21-9-7-20(8-10-21)15-24(30(42)40-19(2)32(44)45)41-31(43)27-13-14-28(48-27)33(3,4)5/h7-14,16-19,24,30,40,42H,6,15H2,1-5H3,(H,41,43)(H,44,45)/t19-,24+,30?/m1/s1. The average Bonchev–Trinajstić information content (AvgIpc) is 3.53. The maximum atomic E-state index is 13.2. The molecule has 10 nitrogen and oxygen atoms in total. The number of nitrogens with one attached hydrogen (secondary N) is 2. The van der Waals surface area contributed by atoms with Crippen LogP contribution in [-0.4, -0.2) is 63.3 Å². The summed E-state index contributed by atoms with van der Waals surface area (Å²) in [7, 11) is 0. The number of nitrogens with zero attached hydrogens (tertiary/aromatic N) is 2. The van der Waals surface area contributed by atoms with Crippen molar-refractivity contribution in [2.75, 3.05) is 6.61 Å². The van der Waals surface area contributed by atoms with Crippen LogP contribution in [0.2, 0.25) is 0 Å². The van der Waals surface area contributed by atoms with E-state index in [1.165, 1.54) is 36.5 Å². The van der Waals surface area contributed by atoms with Crippen LogP contribution in [0.15, 0.2) is 67.0 Å². The monoisotopic (exact) mass is 686 g/mol. The summed E-state index contributed by atoms with van der Waals surface area (Å²) in [5.74, 6) is -1.66. The van der Waals surface area contributed by atoms with Crippen molar-refractivity contribution in [2.24, 2.45) is 0 Å². The Hall–Kier alpha value is -4.53. The van der Waals surface area contributed by atoms with E-state index in [0.717, 1.165) is 10.4 Å². The molecule has 2 aromatic carbocycles. The fourth-order valence-electron chi connectivity index (χ4n) is 4.62. The molecule has 0 aliphatic rings. The number of hydrogen-bond acceptors (Lipinski definition) is 9. The number of carbonyl (C=O) groups is 2. The van der Waals surface area contributed by atoms with E-state index in [1.54, 1.807) is 49.6 Å². The maximum absolute atomic E-state index is 13.2. The molecule has 0 radical (unpaired) electrons. The molecule has 4 aromatic rings. The highest BCUT2D eigenvalue weighted by molar-refractivity contribution is 7.14. The molecule has 0 saturated carbocycles. The fourth-order valence-corrected chi connectivity index (χ4v) is 5.59. The van der Waals surface area contributed by atoms with E-state index in [1.807, 2.05) is 26.8 Å². The highest BCUT2D eigenvalue weighted by atomic mass is 32.1. The number of aliphatic carboxylic acids is 1. The van der Waals surface area contributed by atoms with Gasteiger partial charge in [-0.1, -0.05) is 51.1 Å². The number of ether oxygens (including phenoxy) is 2. The number of aliphatic hydroxyl groups excluding tert-OH is 1. The van der Waals surface area contributed by atoms with Gasteiger partial charge in [0.15, 0.2) is 17.3 Å². The lowest BCUT2D eigenvalue weighted by atomic mass is 9.95. The Morgan fingerprint density at radius 1 is 0.938 bits per heavy atom. The number of thiophene rings is 1. The minimum Gasteiger partial charge on any atom is -0.490 e. The van der Waals surface area contributed by atoms with Gasteiger partial charge in [-0.2, -0.15) is 0 Å². The Bertz CT molecular complexity index is 1710. The number of alkyl halides is 3. The van der Waals surface area contributed by atoms with Gasteiger partial charge in [0, 0.05) is 28.4 Å². The topological polar surface area (TPSA) is 143 Å². The van der Waals surface area contributed by atoms with E-state index >= 15 is 0 Å². The second-order valence-corrected chi connectivity index (χ2v) is 13.1. The molecule has 4 rings (SSSR count). The summed E-state index contributed by atoms with van der Waals surface area (Å²) in [5.41, 5.74) is 2.35. The number of rotatable bonds is 13. The first-order chi connectivity index (χ1) is 22.5. The highest BCUT2D eigenvalue weighted by Crippen LogP contribution is 2.36. The number of carboxylic acid groups (broad SMARTS) is 1. The Labute approximate surface area is 280 Å². The van der Waals surface area contributed by atoms with Gasteiger partial charge in [-0.15, -0.1) is 24.5 Å². The minimum atomic E-state index is -4.86. The van der Waals surface area contributed by atoms with Gasteiger partial charge in [0.1, 0.15) is 12.3 Å². The molecule has 1 amide bonds. The number of benzene rings is 2. The van der Waals surface area contributed by atoms with Crippen molar-refractivity contribution in [1.29, 1.82) is 0 Å². The third kappa shape index (κ3) is 9.75. The lowest BCUT2D eigenvalue weighted by molar-refractivity contribution is -0.275. The van der Waals surface area contributed by atoms with Crippen LogP contribution in [0.25, 0.3) is 22.5 Å². The maximum Gasteiger partial charge on any atom is 0.573 e. The van der Waals surface area contributed by atoms with E-state index in [2.05, 4.69) is 25.3 Å². The Morgan fingerprint density at radius 2 is 1.58 bits per heavy atom. The van der Waals surface area contributed by atoms with Crippen molar-refractivity contribution in [3.63, 3.8) is 0 Å². The van der Waals surface area contributed by atoms with Crippen LogP contribution in [0.1, 0.15) is 54.7 Å². The second kappa shape index (κ2) is 15.1. The molecule has 0 spiro atoms. The molecule has 0 aliphatic heterocycles. The number of hydrogen-bond donors (Lipinski definition) is 4. The van der Waals surface area contributed by atoms with Crippen LogP contribution in [0.4, 0.5) is 13.2 Å². The molecule has 256 valence electrons. The van der Waals surface area contributed by atoms with E-state index in [-0.39, 0.29) is 30.1 Å². The summed E-state index contributed by atoms with van der Waals surface area (Å²) in [5, 5.41) is 25.7. The van der Waals surface area contributed by atoms with Crippen LogP contribution in [-0.2, 0) is 16.6 Å². The molecule has 4 N–H and O–H groups in total. The third-order valence-corrected chi connectivity index (χ3v) is 8.69. The summed E-state index contributed by atoms with van der Waals surface area (Å²) < 4.78 is 47.8. The smallest absolute Gasteiger partial charge is 0.490 e. The zero-order chi connectivity index (χ0) is 35.2. The van der Waals surface area contributed by atoms with Crippen LogP contribution in [0.3, 0.4) is 0 Å². The lowest BCUT2D eigenvalue weighted by Crippen LogP contribution is -2.54. The Balaban J connectivity index is 1.50. The van der Waals surface area contributed by atoms with Crippen molar-refractivity contribution in [3.8, 4) is 34.0 Å². The zero-order valence-electron chi connectivity index (χ0n) is 27.0. The average molecular weight is 687 g/mol. The van der Waals surface area contributed by atoms with Gasteiger partial charge < -0.3 is 25.0 Å². The van der Waals surface area contributed by atoms with Crippen molar-refractivity contribution < 1.29 is 42.4 Å². The van der Waals surface area contributed by atoms with E-state index in [9.17, 15) is 33.0 Å². The number of carboxylic acids is 1. The largest absolute Gasteiger partial charge is 0.573 e. The van der Waals surface area contributed by atoms with Crippen molar-refractivity contribution in [1.82, 2.24) is 20.6 Å². The van der Waals surface area contributed by atoms with Gasteiger partial charge in [-0.3, -0.25) is 14.9 Å². The predicted octanol–water partition coefficient (Wildman–Crippen LogP) is 6.19. The van der Waals surface area contributed by atoms with Gasteiger partial charge >= 0.3 is 12.3 Å². The summed E-state index contributed by atoms with van der Waals surface area (Å²) in [6, 6.07) is 12.9. The van der Waals surface area contributed by atoms with Gasteiger partial charge in [-0.05, 0) is 61.1 Å². The third-order valence-electron chi connectivity index (χ3n) is 7.18. The van der Waals surface area contributed by atoms with Crippen LogP contribution in [0.5, 0.6) is 11.5 Å². The molecule has 2 aromatic heterocycles. The molecule has 2 heterocycles. The normalized spacial score (nSPS) is 13.8. The molecule has 48 heavy (non-hydrogen) atoms. The Kier molecular flexibility index (Phi) is 11.4. The molecule has 0 aliphatic carbocycles. The summed E-state index contributed by atoms with van der Waals surface area (Å²) >= 11 is 1.36. The molecular formula is C34H37F3N4O6S. The van der Waals surface area contributed by atoms with Gasteiger partial charge in [0.2, 0.25) is 0 Å². The molecule has 0 bridgehead atoms. The van der Waals surface area contributed by atoms with E-state index in [0.29, 0.717) is 27.4 Å². The quantitative estimate of drug-likeness (QED) is 0.121. The first-order valence-electron chi connectivity index (χ1n) is 15.1. The molecule has 0 saturated heterocycles. The number of halogens is 3. The van der Waals surface area contributed by atoms with Crippen molar-refractivity contribution >= 4 is 23.2 Å². The predicted molar refractivity (Wildman–Crippen MR) is 175 cm³/mol. The number of amides is 1. The van der Waals surface area contributed by atoms with E-state index in [4.69, 9.17) is 4.74 Å². The number of aliphatic hydroxyl groups is 1. The van der Waals surface area contributed by atoms with Crippen LogP contribution < -0.4 is 20.1 Å². The SMILES string of the molecule is CCOc1cc(-c2cnc(-c3ccc(C[C@H](NC(=O)c4ccc(C(C)(C)C)s4)C(O)N[C@H](C)C(=O)O)cc3)nc2)ccc1OC(F)(F)F. The first-order valence-corrected chi connectivity index (χ1v) is 15.9. The molecule has 0 fully saturated rings. The summed E-state index contributed by atoms with van der Waals surface area (Å²) in [4.78, 5) is 34.9. The van der Waals surface area contributed by atoms with Crippen LogP contribution >= 0.6 is 11.3 Å². The molecular weight excluding hydrogens is 649 g/mol. The molecule has 1 unspecified atom stereocenters. The lowest BCUT2D eigenvalue weighted by Gasteiger charge is -2.26. The van der Waals surface area contributed by atoms with Gasteiger partial charge in [0.25, 0.3) is 5.91 Å². The highest BCUT2D eigenvalue weighted by Gasteiger charge is 2.33. The second-order valence-electron chi connectivity index (χ2n) is 12.0. The fraction of sp³-hybridized carbons (Fsp3) is 0.353. The molecule has 14 heteroatoms. The van der Waals surface area contributed by atoms with E-state index < -0.39 is 36.4 Å². The van der Waals surface area contributed by atoms with Gasteiger partial charge in [0.05, 0.1) is 17.5 Å². The first kappa shape index (κ1) is 36.3. The number of carbonyl (C=O) groups excluding carboxylic acids is 1.